The first-order valence-electron chi connectivity index (χ1n) is 8.76. The minimum Gasteiger partial charge on any atom is -0.371 e. The topological polar surface area (TPSA) is 112 Å². The second kappa shape index (κ2) is 8.64. The maximum absolute atomic E-state index is 11.9. The standard InChI is InChI=1S/C17H19ClN4O4S2/c1-2-3-6-22-7-4-5-11-8-12(15(9-13(11)22)28(24,25)26)20-21-17-19-16(18)14(10-23)27-17/h8-10H,2-7H2,1H3,(H,24,25,26). The van der Waals surface area contributed by atoms with Gasteiger partial charge in [0.05, 0.1) is 0 Å². The van der Waals surface area contributed by atoms with E-state index in [1.54, 1.807) is 6.07 Å². The molecule has 2 heterocycles. The van der Waals surface area contributed by atoms with E-state index >= 15 is 0 Å². The van der Waals surface area contributed by atoms with Crippen LogP contribution in [0.1, 0.15) is 41.4 Å². The molecule has 0 unspecified atom stereocenters. The molecule has 0 amide bonds. The predicted octanol–water partition coefficient (Wildman–Crippen LogP) is 4.82. The number of hydrogen-bond donors (Lipinski definition) is 1. The van der Waals surface area contributed by atoms with Crippen molar-refractivity contribution in [2.75, 3.05) is 18.0 Å². The van der Waals surface area contributed by atoms with Crippen LogP contribution < -0.4 is 4.90 Å². The van der Waals surface area contributed by atoms with E-state index in [0.29, 0.717) is 6.29 Å². The van der Waals surface area contributed by atoms with Gasteiger partial charge in [-0.3, -0.25) is 9.35 Å². The van der Waals surface area contributed by atoms with Crippen molar-refractivity contribution in [1.82, 2.24) is 4.98 Å². The molecule has 11 heteroatoms. The van der Waals surface area contributed by atoms with Gasteiger partial charge in [0.15, 0.2) is 11.4 Å². The molecular formula is C17H19ClN4O4S2. The molecule has 0 aliphatic carbocycles. The Morgan fingerprint density at radius 3 is 2.82 bits per heavy atom. The molecule has 1 aliphatic heterocycles. The fourth-order valence-electron chi connectivity index (χ4n) is 3.06. The van der Waals surface area contributed by atoms with E-state index in [-0.39, 0.29) is 25.7 Å². The zero-order chi connectivity index (χ0) is 20.3. The van der Waals surface area contributed by atoms with Crippen LogP contribution >= 0.6 is 22.9 Å². The van der Waals surface area contributed by atoms with Crippen LogP contribution in [0.15, 0.2) is 27.3 Å². The Kier molecular flexibility index (Phi) is 6.43. The van der Waals surface area contributed by atoms with E-state index in [9.17, 15) is 17.8 Å². The molecule has 1 aliphatic rings. The summed E-state index contributed by atoms with van der Waals surface area (Å²) in [7, 11) is -4.50. The van der Waals surface area contributed by atoms with E-state index in [1.165, 1.54) is 6.07 Å². The molecule has 0 saturated carbocycles. The third kappa shape index (κ3) is 4.57. The molecule has 1 aromatic heterocycles. The number of benzene rings is 1. The van der Waals surface area contributed by atoms with Crippen molar-refractivity contribution >= 4 is 55.8 Å². The van der Waals surface area contributed by atoms with Crippen molar-refractivity contribution in [2.24, 2.45) is 10.2 Å². The van der Waals surface area contributed by atoms with Gasteiger partial charge in [0.25, 0.3) is 10.1 Å². The summed E-state index contributed by atoms with van der Waals surface area (Å²) in [6, 6.07) is 3.09. The predicted molar refractivity (Wildman–Crippen MR) is 108 cm³/mol. The number of fused-ring (bicyclic) bond motifs is 1. The van der Waals surface area contributed by atoms with Crippen molar-refractivity contribution < 1.29 is 17.8 Å². The third-order valence-electron chi connectivity index (χ3n) is 4.38. The van der Waals surface area contributed by atoms with E-state index < -0.39 is 10.1 Å². The van der Waals surface area contributed by atoms with Crippen LogP contribution in [0, 0.1) is 0 Å². The highest BCUT2D eigenvalue weighted by Gasteiger charge is 2.24. The fraction of sp³-hybridized carbons (Fsp3) is 0.412. The van der Waals surface area contributed by atoms with Crippen molar-refractivity contribution in [3.63, 3.8) is 0 Å². The molecule has 150 valence electrons. The maximum atomic E-state index is 11.9. The van der Waals surface area contributed by atoms with Gasteiger partial charge >= 0.3 is 0 Å². The summed E-state index contributed by atoms with van der Waals surface area (Å²) in [5.41, 5.74) is 1.78. The summed E-state index contributed by atoms with van der Waals surface area (Å²) in [5.74, 6) is 0. The number of rotatable bonds is 7. The summed E-state index contributed by atoms with van der Waals surface area (Å²) in [6.07, 6.45) is 4.31. The first kappa shape index (κ1) is 20.8. The number of nitrogens with zero attached hydrogens (tertiary/aromatic N) is 4. The van der Waals surface area contributed by atoms with Gasteiger partial charge in [-0.05, 0) is 37.0 Å². The molecule has 0 spiro atoms. The summed E-state index contributed by atoms with van der Waals surface area (Å²) in [6.45, 7) is 3.76. The minimum atomic E-state index is -4.50. The molecule has 2 aromatic rings. The zero-order valence-electron chi connectivity index (χ0n) is 15.1. The Hall–Kier alpha value is -1.88. The quantitative estimate of drug-likeness (QED) is 0.373. The van der Waals surface area contributed by atoms with Gasteiger partial charge < -0.3 is 4.90 Å². The van der Waals surface area contributed by atoms with Crippen molar-refractivity contribution in [3.8, 4) is 0 Å². The molecule has 0 radical (unpaired) electrons. The van der Waals surface area contributed by atoms with Crippen molar-refractivity contribution in [2.45, 2.75) is 37.5 Å². The van der Waals surface area contributed by atoms with Crippen LogP contribution in [0.25, 0.3) is 0 Å². The van der Waals surface area contributed by atoms with E-state index in [2.05, 4.69) is 27.0 Å². The number of carbonyl (C=O) groups excluding carboxylic acids is 1. The molecule has 0 fully saturated rings. The number of carbonyl (C=O) groups is 1. The molecular weight excluding hydrogens is 424 g/mol. The van der Waals surface area contributed by atoms with Crippen molar-refractivity contribution in [3.05, 3.63) is 27.7 Å². The van der Waals surface area contributed by atoms with Gasteiger partial charge in [0.1, 0.15) is 15.5 Å². The second-order valence-electron chi connectivity index (χ2n) is 6.34. The largest absolute Gasteiger partial charge is 0.371 e. The molecule has 3 rings (SSSR count). The summed E-state index contributed by atoms with van der Waals surface area (Å²) in [5, 5.41) is 8.00. The third-order valence-corrected chi connectivity index (χ3v) is 6.53. The number of hydrogen-bond acceptors (Lipinski definition) is 8. The van der Waals surface area contributed by atoms with Crippen LogP contribution in [0.2, 0.25) is 5.15 Å². The van der Waals surface area contributed by atoms with Gasteiger partial charge in [-0.15, -0.1) is 10.2 Å². The molecule has 1 aromatic carbocycles. The Labute approximate surface area is 172 Å². The number of aromatic nitrogens is 1. The van der Waals surface area contributed by atoms with Crippen molar-refractivity contribution in [1.29, 1.82) is 0 Å². The fourth-order valence-corrected chi connectivity index (χ4v) is 4.57. The van der Waals surface area contributed by atoms with Crippen LogP contribution in [0.4, 0.5) is 16.5 Å². The Morgan fingerprint density at radius 1 is 1.39 bits per heavy atom. The monoisotopic (exact) mass is 442 g/mol. The lowest BCUT2D eigenvalue weighted by atomic mass is 10.0. The molecule has 28 heavy (non-hydrogen) atoms. The number of azo groups is 1. The lowest BCUT2D eigenvalue weighted by Gasteiger charge is -2.31. The van der Waals surface area contributed by atoms with Gasteiger partial charge in [0.2, 0.25) is 5.13 Å². The average molecular weight is 443 g/mol. The minimum absolute atomic E-state index is 0.0148. The number of halogens is 1. The number of anilines is 1. The van der Waals surface area contributed by atoms with Gasteiger partial charge in [-0.1, -0.05) is 36.3 Å². The lowest BCUT2D eigenvalue weighted by molar-refractivity contribution is 0.112. The van der Waals surface area contributed by atoms with Gasteiger partial charge in [0, 0.05) is 18.8 Å². The zero-order valence-corrected chi connectivity index (χ0v) is 17.5. The van der Waals surface area contributed by atoms with Crippen LogP contribution in [-0.4, -0.2) is 37.3 Å². The number of aldehydes is 1. The number of aryl methyl sites for hydroxylation is 1. The lowest BCUT2D eigenvalue weighted by Crippen LogP contribution is -2.30. The van der Waals surface area contributed by atoms with Crippen LogP contribution in [-0.2, 0) is 16.5 Å². The smallest absolute Gasteiger partial charge is 0.296 e. The number of thiazole rings is 1. The summed E-state index contributed by atoms with van der Waals surface area (Å²) < 4.78 is 33.6. The summed E-state index contributed by atoms with van der Waals surface area (Å²) >= 11 is 6.75. The highest BCUT2D eigenvalue weighted by Crippen LogP contribution is 2.37. The van der Waals surface area contributed by atoms with Crippen LogP contribution in [0.5, 0.6) is 0 Å². The highest BCUT2D eigenvalue weighted by atomic mass is 35.5. The van der Waals surface area contributed by atoms with E-state index in [1.807, 2.05) is 0 Å². The first-order chi connectivity index (χ1) is 13.3. The highest BCUT2D eigenvalue weighted by molar-refractivity contribution is 7.86. The van der Waals surface area contributed by atoms with Gasteiger partial charge in [-0.25, -0.2) is 4.98 Å². The first-order valence-corrected chi connectivity index (χ1v) is 11.4. The van der Waals surface area contributed by atoms with Gasteiger partial charge in [-0.2, -0.15) is 8.42 Å². The number of unbranched alkanes of at least 4 members (excludes halogenated alkanes) is 1. The second-order valence-corrected chi connectivity index (χ2v) is 9.09. The Bertz CT molecular complexity index is 1020. The maximum Gasteiger partial charge on any atom is 0.296 e. The SMILES string of the molecule is CCCCN1CCCc2cc(N=Nc3nc(Cl)c(C=O)s3)c(S(=O)(=O)O)cc21. The Balaban J connectivity index is 2.03. The molecule has 8 nitrogen and oxygen atoms in total. The average Bonchev–Trinajstić information content (AvgIpc) is 3.02. The molecule has 0 bridgehead atoms. The summed E-state index contributed by atoms with van der Waals surface area (Å²) in [4.78, 5) is 16.8. The van der Waals surface area contributed by atoms with E-state index in [0.717, 1.165) is 61.4 Å². The molecule has 0 atom stereocenters. The molecule has 0 saturated heterocycles. The van der Waals surface area contributed by atoms with Crippen LogP contribution in [0.3, 0.4) is 0 Å². The molecule has 1 N–H and O–H groups in total. The van der Waals surface area contributed by atoms with E-state index in [4.69, 9.17) is 11.6 Å². The normalized spacial score (nSPS) is 14.5. The Morgan fingerprint density at radius 2 is 2.18 bits per heavy atom.